The number of hydrogen-bond acceptors (Lipinski definition) is 2. The Morgan fingerprint density at radius 2 is 2.12 bits per heavy atom. The van der Waals surface area contributed by atoms with Crippen molar-refractivity contribution in [2.45, 2.75) is 31.7 Å². The fraction of sp³-hybridized carbons (Fsp3) is 0.571. The minimum atomic E-state index is 0.674. The third-order valence-electron chi connectivity index (χ3n) is 4.04. The molecule has 0 saturated carbocycles. The van der Waals surface area contributed by atoms with Crippen molar-refractivity contribution in [1.29, 1.82) is 0 Å². The van der Waals surface area contributed by atoms with Crippen LogP contribution in [-0.2, 0) is 12.8 Å². The number of likely N-dealkylation sites (N-methyl/N-ethyl adjacent to an activating group) is 1. The lowest BCUT2D eigenvalue weighted by Crippen LogP contribution is -2.29. The van der Waals surface area contributed by atoms with Crippen LogP contribution in [0.1, 0.15) is 24.0 Å². The van der Waals surface area contributed by atoms with Gasteiger partial charge in [0.2, 0.25) is 0 Å². The van der Waals surface area contributed by atoms with Crippen molar-refractivity contribution < 1.29 is 0 Å². The number of aryl methyl sites for hydroxylation is 2. The Hall–Kier alpha value is -1.02. The van der Waals surface area contributed by atoms with Crippen molar-refractivity contribution in [3.05, 3.63) is 29.3 Å². The molecule has 1 atom stereocenters. The molecule has 2 aliphatic rings. The molecule has 1 saturated heterocycles. The van der Waals surface area contributed by atoms with Crippen LogP contribution in [0.3, 0.4) is 0 Å². The summed E-state index contributed by atoms with van der Waals surface area (Å²) >= 11 is 0. The van der Waals surface area contributed by atoms with Crippen LogP contribution >= 0.6 is 0 Å². The number of nitrogens with one attached hydrogen (secondary N) is 1. The van der Waals surface area contributed by atoms with E-state index in [-0.39, 0.29) is 0 Å². The molecule has 86 valence electrons. The number of anilines is 1. The largest absolute Gasteiger partial charge is 0.370 e. The average molecular weight is 216 g/mol. The predicted octanol–water partition coefficient (Wildman–Crippen LogP) is 1.97. The molecule has 16 heavy (non-hydrogen) atoms. The van der Waals surface area contributed by atoms with Crippen molar-refractivity contribution in [3.8, 4) is 0 Å². The summed E-state index contributed by atoms with van der Waals surface area (Å²) in [5.74, 6) is 0. The summed E-state index contributed by atoms with van der Waals surface area (Å²) in [6.45, 7) is 2.36. The molecule has 1 N–H and O–H groups in total. The first-order valence-electron chi connectivity index (χ1n) is 6.41. The van der Waals surface area contributed by atoms with E-state index in [1.807, 2.05) is 0 Å². The Kier molecular flexibility index (Phi) is 2.60. The maximum Gasteiger partial charge on any atom is 0.0369 e. The molecular formula is C14H20N2. The van der Waals surface area contributed by atoms with Crippen molar-refractivity contribution >= 4 is 5.69 Å². The van der Waals surface area contributed by atoms with Crippen LogP contribution in [0.2, 0.25) is 0 Å². The lowest BCUT2D eigenvalue weighted by Gasteiger charge is -2.19. The lowest BCUT2D eigenvalue weighted by molar-refractivity contribution is 0.617. The molecule has 1 aliphatic carbocycles. The zero-order chi connectivity index (χ0) is 11.0. The first kappa shape index (κ1) is 10.2. The fourth-order valence-electron chi connectivity index (χ4n) is 2.99. The number of benzene rings is 1. The Labute approximate surface area is 97.6 Å². The van der Waals surface area contributed by atoms with Gasteiger partial charge < -0.3 is 10.2 Å². The van der Waals surface area contributed by atoms with E-state index in [1.54, 1.807) is 11.1 Å². The highest BCUT2D eigenvalue weighted by molar-refractivity contribution is 5.53. The molecule has 1 heterocycles. The van der Waals surface area contributed by atoms with Gasteiger partial charge in [-0.25, -0.2) is 0 Å². The van der Waals surface area contributed by atoms with E-state index in [0.717, 1.165) is 6.54 Å². The zero-order valence-electron chi connectivity index (χ0n) is 10.00. The minimum Gasteiger partial charge on any atom is -0.370 e. The summed E-state index contributed by atoms with van der Waals surface area (Å²) in [5.41, 5.74) is 4.59. The topological polar surface area (TPSA) is 15.3 Å². The number of nitrogens with zero attached hydrogens (tertiary/aromatic N) is 1. The van der Waals surface area contributed by atoms with Crippen LogP contribution in [0.15, 0.2) is 18.2 Å². The summed E-state index contributed by atoms with van der Waals surface area (Å²) < 4.78 is 0. The Morgan fingerprint density at radius 3 is 2.94 bits per heavy atom. The molecule has 1 unspecified atom stereocenters. The van der Waals surface area contributed by atoms with Gasteiger partial charge in [-0.3, -0.25) is 0 Å². The van der Waals surface area contributed by atoms with Gasteiger partial charge in [0.1, 0.15) is 0 Å². The van der Waals surface area contributed by atoms with E-state index in [0.29, 0.717) is 6.04 Å². The minimum absolute atomic E-state index is 0.674. The molecule has 2 nitrogen and oxygen atoms in total. The maximum absolute atomic E-state index is 3.37. The second-order valence-corrected chi connectivity index (χ2v) is 5.03. The molecule has 3 rings (SSSR count). The molecule has 2 heteroatoms. The van der Waals surface area contributed by atoms with Crippen LogP contribution < -0.4 is 10.2 Å². The Bertz CT molecular complexity index is 386. The van der Waals surface area contributed by atoms with Gasteiger partial charge in [0, 0.05) is 24.8 Å². The van der Waals surface area contributed by atoms with Gasteiger partial charge in [-0.15, -0.1) is 0 Å². The van der Waals surface area contributed by atoms with Gasteiger partial charge in [-0.2, -0.15) is 0 Å². The normalized spacial score (nSPS) is 23.8. The third-order valence-corrected chi connectivity index (χ3v) is 4.04. The number of rotatable bonds is 2. The van der Waals surface area contributed by atoms with Gasteiger partial charge in [-0.1, -0.05) is 6.07 Å². The van der Waals surface area contributed by atoms with Crippen molar-refractivity contribution in [1.82, 2.24) is 5.32 Å². The predicted molar refractivity (Wildman–Crippen MR) is 68.1 cm³/mol. The van der Waals surface area contributed by atoms with Crippen molar-refractivity contribution in [2.24, 2.45) is 0 Å². The SMILES string of the molecule is CNC1CCN(c2ccc3c(c2)CCC3)C1. The molecule has 0 bridgehead atoms. The quantitative estimate of drug-likeness (QED) is 0.813. The van der Waals surface area contributed by atoms with E-state index >= 15 is 0 Å². The van der Waals surface area contributed by atoms with Crippen molar-refractivity contribution in [2.75, 3.05) is 25.0 Å². The molecule has 1 fully saturated rings. The van der Waals surface area contributed by atoms with E-state index in [9.17, 15) is 0 Å². The van der Waals surface area contributed by atoms with Gasteiger partial charge in [0.25, 0.3) is 0 Å². The van der Waals surface area contributed by atoms with Gasteiger partial charge >= 0.3 is 0 Å². The Morgan fingerprint density at radius 1 is 1.25 bits per heavy atom. The highest BCUT2D eigenvalue weighted by Crippen LogP contribution is 2.28. The zero-order valence-corrected chi connectivity index (χ0v) is 10.00. The van der Waals surface area contributed by atoms with E-state index in [2.05, 4.69) is 35.5 Å². The molecule has 0 spiro atoms. The highest BCUT2D eigenvalue weighted by atomic mass is 15.2. The third kappa shape index (κ3) is 1.71. The molecule has 0 radical (unpaired) electrons. The maximum atomic E-state index is 3.37. The fourth-order valence-corrected chi connectivity index (χ4v) is 2.99. The molecule has 1 aromatic rings. The summed E-state index contributed by atoms with van der Waals surface area (Å²) in [7, 11) is 2.07. The first-order valence-corrected chi connectivity index (χ1v) is 6.41. The van der Waals surface area contributed by atoms with Gasteiger partial charge in [0.05, 0.1) is 0 Å². The van der Waals surface area contributed by atoms with Crippen LogP contribution in [0.25, 0.3) is 0 Å². The summed E-state index contributed by atoms with van der Waals surface area (Å²) in [4.78, 5) is 2.51. The van der Waals surface area contributed by atoms with Crippen LogP contribution in [0.4, 0.5) is 5.69 Å². The second-order valence-electron chi connectivity index (χ2n) is 5.03. The monoisotopic (exact) mass is 216 g/mol. The van der Waals surface area contributed by atoms with Crippen LogP contribution in [-0.4, -0.2) is 26.2 Å². The summed E-state index contributed by atoms with van der Waals surface area (Å²) in [6.07, 6.45) is 5.19. The van der Waals surface area contributed by atoms with E-state index < -0.39 is 0 Å². The lowest BCUT2D eigenvalue weighted by atomic mass is 10.1. The average Bonchev–Trinajstić information content (AvgIpc) is 2.96. The molecule has 1 aromatic carbocycles. The molecular weight excluding hydrogens is 196 g/mol. The number of hydrogen-bond donors (Lipinski definition) is 1. The summed E-state index contributed by atoms with van der Waals surface area (Å²) in [5, 5.41) is 3.37. The molecule has 0 amide bonds. The molecule has 1 aliphatic heterocycles. The van der Waals surface area contributed by atoms with Crippen molar-refractivity contribution in [3.63, 3.8) is 0 Å². The highest BCUT2D eigenvalue weighted by Gasteiger charge is 2.22. The second kappa shape index (κ2) is 4.10. The number of fused-ring (bicyclic) bond motifs is 1. The smallest absolute Gasteiger partial charge is 0.0369 e. The Balaban J connectivity index is 1.80. The van der Waals surface area contributed by atoms with E-state index in [4.69, 9.17) is 0 Å². The van der Waals surface area contributed by atoms with E-state index in [1.165, 1.54) is 37.9 Å². The first-order chi connectivity index (χ1) is 7.86. The molecule has 0 aromatic heterocycles. The van der Waals surface area contributed by atoms with Crippen LogP contribution in [0.5, 0.6) is 0 Å². The summed E-state index contributed by atoms with van der Waals surface area (Å²) in [6, 6.07) is 7.74. The van der Waals surface area contributed by atoms with Crippen LogP contribution in [0, 0.1) is 0 Å². The standard InChI is InChI=1S/C14H20N2/c1-15-13-7-8-16(10-13)14-6-5-11-3-2-4-12(11)9-14/h5-6,9,13,15H,2-4,7-8,10H2,1H3. The van der Waals surface area contributed by atoms with Gasteiger partial charge in [0.15, 0.2) is 0 Å². The van der Waals surface area contributed by atoms with Gasteiger partial charge in [-0.05, 0) is 56.0 Å².